The number of likely N-dealkylation sites (tertiary alicyclic amines) is 1. The fourth-order valence-corrected chi connectivity index (χ4v) is 5.86. The van der Waals surface area contributed by atoms with E-state index in [0.29, 0.717) is 11.6 Å². The van der Waals surface area contributed by atoms with Gasteiger partial charge < -0.3 is 19.9 Å². The number of hydrogen-bond acceptors (Lipinski definition) is 4. The highest BCUT2D eigenvalue weighted by molar-refractivity contribution is 6.02. The van der Waals surface area contributed by atoms with Crippen molar-refractivity contribution in [1.29, 1.82) is 0 Å². The van der Waals surface area contributed by atoms with Crippen LogP contribution in [0.4, 0.5) is 0 Å². The van der Waals surface area contributed by atoms with Crippen LogP contribution < -0.4 is 10.5 Å². The van der Waals surface area contributed by atoms with Crippen molar-refractivity contribution >= 4 is 22.6 Å². The molecule has 1 aliphatic heterocycles. The number of piperidine rings is 1. The number of ether oxygens (including phenoxy) is 1. The van der Waals surface area contributed by atoms with Crippen LogP contribution in [0.25, 0.3) is 10.9 Å². The third-order valence-electron chi connectivity index (χ3n) is 8.10. The van der Waals surface area contributed by atoms with Gasteiger partial charge in [0.15, 0.2) is 5.78 Å². The summed E-state index contributed by atoms with van der Waals surface area (Å²) in [6.07, 6.45) is 6.94. The van der Waals surface area contributed by atoms with Crippen molar-refractivity contribution in [2.45, 2.75) is 52.0 Å². The summed E-state index contributed by atoms with van der Waals surface area (Å²) in [6.45, 7) is 7.09. The molecule has 6 heteroatoms. The highest BCUT2D eigenvalue weighted by atomic mass is 16.5. The van der Waals surface area contributed by atoms with E-state index in [2.05, 4.69) is 35.6 Å². The van der Waals surface area contributed by atoms with Crippen molar-refractivity contribution in [2.24, 2.45) is 11.1 Å². The van der Waals surface area contributed by atoms with Crippen molar-refractivity contribution < 1.29 is 14.3 Å². The summed E-state index contributed by atoms with van der Waals surface area (Å²) in [5.41, 5.74) is 10.1. The third kappa shape index (κ3) is 4.36. The van der Waals surface area contributed by atoms with Gasteiger partial charge in [0.25, 0.3) is 0 Å². The largest absolute Gasteiger partial charge is 0.496 e. The number of benzene rings is 2. The molecule has 1 aliphatic carbocycles. The summed E-state index contributed by atoms with van der Waals surface area (Å²) in [5.74, 6) is 0.760. The molecule has 0 spiro atoms. The fraction of sp³-hybridized carbons (Fsp3) is 0.448. The van der Waals surface area contributed by atoms with Gasteiger partial charge in [0.1, 0.15) is 5.75 Å². The molecular formula is C29H35N3O3. The van der Waals surface area contributed by atoms with Gasteiger partial charge in [-0.15, -0.1) is 0 Å². The second-order valence-electron chi connectivity index (χ2n) is 10.7. The molecular weight excluding hydrogens is 438 g/mol. The normalized spacial score (nSPS) is 18.5. The molecule has 2 aliphatic rings. The number of hydrogen-bond donors (Lipinski definition) is 1. The van der Waals surface area contributed by atoms with Gasteiger partial charge in [-0.1, -0.05) is 19.9 Å². The lowest BCUT2D eigenvalue weighted by Gasteiger charge is -2.34. The topological polar surface area (TPSA) is 77.6 Å². The molecule has 1 amide bonds. The molecule has 0 saturated carbocycles. The van der Waals surface area contributed by atoms with Crippen LogP contribution in [0.1, 0.15) is 71.0 Å². The molecule has 0 radical (unpaired) electrons. The zero-order valence-electron chi connectivity index (χ0n) is 21.0. The van der Waals surface area contributed by atoms with Crippen LogP contribution in [-0.4, -0.2) is 47.9 Å². The van der Waals surface area contributed by atoms with Crippen molar-refractivity contribution in [1.82, 2.24) is 9.47 Å². The standard InChI is InChI=1S/C29H35N3O3/c1-29(2)13-8-22-23(26(35-3)7-6-24(22)27(29)33)12-16-31-14-10-21(11-15-31)32-17-9-19-4-5-20(28(30)34)18-25(19)32/h4-7,9,17-18,21H,8,10-16H2,1-3H3,(H2,30,34). The lowest BCUT2D eigenvalue weighted by atomic mass is 9.72. The Morgan fingerprint density at radius 3 is 2.63 bits per heavy atom. The quantitative estimate of drug-likeness (QED) is 0.559. The van der Waals surface area contributed by atoms with Crippen LogP contribution in [0.3, 0.4) is 0 Å². The Balaban J connectivity index is 1.27. The Kier molecular flexibility index (Phi) is 6.18. The summed E-state index contributed by atoms with van der Waals surface area (Å²) < 4.78 is 8.01. The van der Waals surface area contributed by atoms with Gasteiger partial charge in [0.05, 0.1) is 7.11 Å². The maximum Gasteiger partial charge on any atom is 0.248 e. The van der Waals surface area contributed by atoms with E-state index in [0.717, 1.165) is 74.0 Å². The number of carbonyl (C=O) groups excluding carboxylic acids is 2. The summed E-state index contributed by atoms with van der Waals surface area (Å²) >= 11 is 0. The van der Waals surface area contributed by atoms with Crippen molar-refractivity contribution in [3.63, 3.8) is 0 Å². The summed E-state index contributed by atoms with van der Waals surface area (Å²) in [7, 11) is 1.72. The van der Waals surface area contributed by atoms with E-state index in [4.69, 9.17) is 10.5 Å². The van der Waals surface area contributed by atoms with Crippen molar-refractivity contribution in [3.05, 3.63) is 64.8 Å². The minimum absolute atomic E-state index is 0.252. The Hall–Kier alpha value is -3.12. The molecule has 6 nitrogen and oxygen atoms in total. The number of rotatable bonds is 6. The Morgan fingerprint density at radius 2 is 1.91 bits per heavy atom. The summed E-state index contributed by atoms with van der Waals surface area (Å²) in [5, 5.41) is 1.14. The van der Waals surface area contributed by atoms with Gasteiger partial charge in [-0.2, -0.15) is 0 Å². The number of fused-ring (bicyclic) bond motifs is 2. The van der Waals surface area contributed by atoms with Crippen LogP contribution in [0.5, 0.6) is 5.75 Å². The highest BCUT2D eigenvalue weighted by Gasteiger charge is 2.35. The van der Waals surface area contributed by atoms with E-state index < -0.39 is 5.91 Å². The number of nitrogens with two attached hydrogens (primary N) is 1. The van der Waals surface area contributed by atoms with E-state index >= 15 is 0 Å². The zero-order chi connectivity index (χ0) is 24.7. The molecule has 0 bridgehead atoms. The molecule has 1 saturated heterocycles. The number of methoxy groups -OCH3 is 1. The Bertz CT molecular complexity index is 1280. The number of aromatic nitrogens is 1. The van der Waals surface area contributed by atoms with Crippen LogP contribution in [0.15, 0.2) is 42.6 Å². The first-order valence-electron chi connectivity index (χ1n) is 12.6. The van der Waals surface area contributed by atoms with Gasteiger partial charge in [0.2, 0.25) is 5.91 Å². The third-order valence-corrected chi connectivity index (χ3v) is 8.10. The van der Waals surface area contributed by atoms with Crippen LogP contribution in [0.2, 0.25) is 0 Å². The lowest BCUT2D eigenvalue weighted by molar-refractivity contribution is 0.0810. The number of nitrogens with zero attached hydrogens (tertiary/aromatic N) is 2. The van der Waals surface area contributed by atoms with Crippen molar-refractivity contribution in [2.75, 3.05) is 26.7 Å². The lowest BCUT2D eigenvalue weighted by Crippen LogP contribution is -2.36. The van der Waals surface area contributed by atoms with Crippen LogP contribution in [0, 0.1) is 5.41 Å². The molecule has 1 aromatic heterocycles. The molecule has 0 atom stereocenters. The second-order valence-corrected chi connectivity index (χ2v) is 10.7. The average Bonchev–Trinajstić information content (AvgIpc) is 3.28. The van der Waals surface area contributed by atoms with E-state index in [1.807, 2.05) is 24.3 Å². The fourth-order valence-electron chi connectivity index (χ4n) is 5.86. The first-order chi connectivity index (χ1) is 16.8. The molecule has 2 N–H and O–H groups in total. The predicted molar refractivity (Wildman–Crippen MR) is 138 cm³/mol. The smallest absolute Gasteiger partial charge is 0.248 e. The zero-order valence-corrected chi connectivity index (χ0v) is 21.0. The minimum atomic E-state index is -0.390. The molecule has 35 heavy (non-hydrogen) atoms. The molecule has 2 aromatic carbocycles. The Morgan fingerprint density at radius 1 is 1.14 bits per heavy atom. The van der Waals surface area contributed by atoms with E-state index in [-0.39, 0.29) is 11.2 Å². The number of carbonyl (C=O) groups is 2. The minimum Gasteiger partial charge on any atom is -0.496 e. The van der Waals surface area contributed by atoms with E-state index in [9.17, 15) is 9.59 Å². The SMILES string of the molecule is COc1ccc2c(c1CCN1CCC(n3ccc4ccc(C(N)=O)cc43)CC1)CCC(C)(C)C2=O. The molecule has 3 aromatic rings. The molecule has 5 rings (SSSR count). The predicted octanol–water partition coefficient (Wildman–Crippen LogP) is 4.78. The summed E-state index contributed by atoms with van der Waals surface area (Å²) in [4.78, 5) is 27.2. The van der Waals surface area contributed by atoms with Crippen LogP contribution in [-0.2, 0) is 12.8 Å². The number of amides is 1. The maximum atomic E-state index is 13.0. The number of ketones is 1. The first kappa shape index (κ1) is 23.6. The molecule has 1 fully saturated rings. The molecule has 0 unspecified atom stereocenters. The van der Waals surface area contributed by atoms with E-state index in [1.54, 1.807) is 13.2 Å². The Labute approximate surface area is 207 Å². The van der Waals surface area contributed by atoms with Gasteiger partial charge in [0, 0.05) is 53.9 Å². The monoisotopic (exact) mass is 473 g/mol. The molecule has 184 valence electrons. The van der Waals surface area contributed by atoms with Gasteiger partial charge in [-0.3, -0.25) is 9.59 Å². The molecule has 2 heterocycles. The number of primary amides is 1. The van der Waals surface area contributed by atoms with Gasteiger partial charge in [-0.05, 0) is 78.9 Å². The van der Waals surface area contributed by atoms with Gasteiger partial charge >= 0.3 is 0 Å². The second kappa shape index (κ2) is 9.15. The van der Waals surface area contributed by atoms with Crippen molar-refractivity contribution in [3.8, 4) is 5.75 Å². The average molecular weight is 474 g/mol. The summed E-state index contributed by atoms with van der Waals surface area (Å²) in [6, 6.07) is 12.1. The first-order valence-corrected chi connectivity index (χ1v) is 12.6. The van der Waals surface area contributed by atoms with Crippen LogP contribution >= 0.6 is 0 Å². The maximum absolute atomic E-state index is 13.0. The van der Waals surface area contributed by atoms with Gasteiger partial charge in [-0.25, -0.2) is 0 Å². The van der Waals surface area contributed by atoms with E-state index in [1.165, 1.54) is 11.1 Å². The number of Topliss-reactive ketones (excluding diaryl/α,β-unsaturated/α-hetero) is 1. The highest BCUT2D eigenvalue weighted by Crippen LogP contribution is 2.39.